The molecule has 0 unspecified atom stereocenters. The molecule has 1 atom stereocenters. The molecule has 3 nitrogen and oxygen atoms in total. The van der Waals surface area contributed by atoms with E-state index in [0.29, 0.717) is 5.56 Å². The second-order valence-corrected chi connectivity index (χ2v) is 4.16. The number of carbonyl (C=O) groups is 1. The molecular weight excluding hydrogens is 202 g/mol. The van der Waals surface area contributed by atoms with Crippen molar-refractivity contribution in [3.8, 4) is 0 Å². The third-order valence-electron chi connectivity index (χ3n) is 3.20. The summed E-state index contributed by atoms with van der Waals surface area (Å²) >= 11 is 0. The average Bonchev–Trinajstić information content (AvgIpc) is 2.39. The number of ether oxygens (including phenoxy) is 1. The maximum atomic E-state index is 10.8. The van der Waals surface area contributed by atoms with E-state index in [0.717, 1.165) is 31.2 Å². The molecule has 1 N–H and O–H groups in total. The topological polar surface area (TPSA) is 38.3 Å². The number of rotatable bonds is 3. The first-order chi connectivity index (χ1) is 7.80. The summed E-state index contributed by atoms with van der Waals surface area (Å²) in [6, 6.07) is 7.61. The van der Waals surface area contributed by atoms with E-state index in [1.165, 1.54) is 6.42 Å². The largest absolute Gasteiger partial charge is 0.360 e. The van der Waals surface area contributed by atoms with Crippen LogP contribution in [0.15, 0.2) is 24.3 Å². The van der Waals surface area contributed by atoms with Gasteiger partial charge in [0.25, 0.3) is 0 Å². The Morgan fingerprint density at radius 3 is 2.94 bits per heavy atom. The van der Waals surface area contributed by atoms with Gasteiger partial charge in [0.15, 0.2) is 0 Å². The Morgan fingerprint density at radius 2 is 2.31 bits per heavy atom. The van der Waals surface area contributed by atoms with Crippen LogP contribution in [0.4, 0.5) is 0 Å². The second-order valence-electron chi connectivity index (χ2n) is 4.16. The van der Waals surface area contributed by atoms with Crippen molar-refractivity contribution in [1.82, 2.24) is 5.32 Å². The van der Waals surface area contributed by atoms with Crippen molar-refractivity contribution in [2.75, 3.05) is 13.7 Å². The number of hydrogen-bond donors (Lipinski definition) is 1. The van der Waals surface area contributed by atoms with Gasteiger partial charge in [0.1, 0.15) is 12.0 Å². The Balaban J connectivity index is 2.34. The summed E-state index contributed by atoms with van der Waals surface area (Å²) < 4.78 is 5.64. The van der Waals surface area contributed by atoms with Gasteiger partial charge in [0.05, 0.1) is 0 Å². The fourth-order valence-corrected chi connectivity index (χ4v) is 2.28. The number of benzene rings is 1. The highest BCUT2D eigenvalue weighted by molar-refractivity contribution is 5.75. The molecule has 1 aromatic rings. The number of hydrogen-bond acceptors (Lipinski definition) is 3. The van der Waals surface area contributed by atoms with Crippen molar-refractivity contribution in [2.24, 2.45) is 0 Å². The van der Waals surface area contributed by atoms with Gasteiger partial charge in [0.2, 0.25) is 0 Å². The van der Waals surface area contributed by atoms with Gasteiger partial charge in [-0.25, -0.2) is 0 Å². The van der Waals surface area contributed by atoms with Crippen LogP contribution < -0.4 is 5.32 Å². The van der Waals surface area contributed by atoms with E-state index in [1.54, 1.807) is 7.11 Å². The molecule has 0 bridgehead atoms. The molecule has 0 saturated carbocycles. The molecule has 0 spiro atoms. The van der Waals surface area contributed by atoms with Gasteiger partial charge in [-0.2, -0.15) is 0 Å². The van der Waals surface area contributed by atoms with Gasteiger partial charge >= 0.3 is 0 Å². The first kappa shape index (κ1) is 11.3. The molecule has 0 amide bonds. The first-order valence-electron chi connectivity index (χ1n) is 5.67. The summed E-state index contributed by atoms with van der Waals surface area (Å²) in [7, 11) is 1.71. The Labute approximate surface area is 95.8 Å². The van der Waals surface area contributed by atoms with E-state index in [-0.39, 0.29) is 0 Å². The molecule has 0 aromatic heterocycles. The van der Waals surface area contributed by atoms with Gasteiger partial charge in [-0.3, -0.25) is 10.1 Å². The lowest BCUT2D eigenvalue weighted by Gasteiger charge is -2.37. The van der Waals surface area contributed by atoms with E-state index < -0.39 is 5.72 Å². The van der Waals surface area contributed by atoms with Crippen LogP contribution in [0.25, 0.3) is 0 Å². The second kappa shape index (κ2) is 4.76. The van der Waals surface area contributed by atoms with Crippen LogP contribution in [0, 0.1) is 0 Å². The monoisotopic (exact) mass is 219 g/mol. The predicted molar refractivity (Wildman–Crippen MR) is 62.4 cm³/mol. The van der Waals surface area contributed by atoms with Crippen molar-refractivity contribution in [3.05, 3.63) is 35.4 Å². The maximum Gasteiger partial charge on any atom is 0.150 e. The van der Waals surface area contributed by atoms with Gasteiger partial charge in [0, 0.05) is 12.7 Å². The SMILES string of the molecule is CO[C@@]1(c2cccc(C=O)c2)CCCCN1. The summed E-state index contributed by atoms with van der Waals surface area (Å²) in [5.41, 5.74) is 1.33. The van der Waals surface area contributed by atoms with Crippen molar-refractivity contribution in [2.45, 2.75) is 25.0 Å². The fraction of sp³-hybridized carbons (Fsp3) is 0.462. The zero-order valence-electron chi connectivity index (χ0n) is 9.53. The number of carbonyl (C=O) groups excluding carboxylic acids is 1. The van der Waals surface area contributed by atoms with Crippen molar-refractivity contribution in [1.29, 1.82) is 0 Å². The number of nitrogens with one attached hydrogen (secondary N) is 1. The van der Waals surface area contributed by atoms with Gasteiger partial charge in [-0.15, -0.1) is 0 Å². The molecule has 2 rings (SSSR count). The zero-order chi connectivity index (χ0) is 11.4. The molecule has 3 heteroatoms. The normalized spacial score (nSPS) is 25.3. The first-order valence-corrected chi connectivity index (χ1v) is 5.67. The Hall–Kier alpha value is -1.19. The summed E-state index contributed by atoms with van der Waals surface area (Å²) in [6.45, 7) is 0.957. The standard InChI is InChI=1S/C13H17NO2/c1-16-13(7-2-3-8-14-13)12-6-4-5-11(9-12)10-15/h4-6,9-10,14H,2-3,7-8H2,1H3/t13-/m1/s1. The lowest BCUT2D eigenvalue weighted by molar-refractivity contribution is -0.0648. The molecule has 86 valence electrons. The third-order valence-corrected chi connectivity index (χ3v) is 3.20. The molecule has 1 aliphatic heterocycles. The average molecular weight is 219 g/mol. The van der Waals surface area contributed by atoms with Crippen LogP contribution in [0.2, 0.25) is 0 Å². The highest BCUT2D eigenvalue weighted by Crippen LogP contribution is 2.31. The van der Waals surface area contributed by atoms with Gasteiger partial charge in [-0.1, -0.05) is 18.2 Å². The van der Waals surface area contributed by atoms with Crippen molar-refractivity contribution < 1.29 is 9.53 Å². The summed E-state index contributed by atoms with van der Waals surface area (Å²) in [4.78, 5) is 10.8. The van der Waals surface area contributed by atoms with E-state index >= 15 is 0 Å². The maximum absolute atomic E-state index is 10.8. The van der Waals surface area contributed by atoms with E-state index in [1.807, 2.05) is 24.3 Å². The van der Waals surface area contributed by atoms with Crippen LogP contribution >= 0.6 is 0 Å². The molecule has 1 heterocycles. The van der Waals surface area contributed by atoms with Crippen LogP contribution in [-0.4, -0.2) is 19.9 Å². The highest BCUT2D eigenvalue weighted by Gasteiger charge is 2.33. The molecule has 1 aromatic carbocycles. The molecule has 1 saturated heterocycles. The molecule has 0 aliphatic carbocycles. The van der Waals surface area contributed by atoms with Crippen molar-refractivity contribution >= 4 is 6.29 Å². The van der Waals surface area contributed by atoms with E-state index in [9.17, 15) is 4.79 Å². The predicted octanol–water partition coefficient (Wildman–Crippen LogP) is 2.07. The molecular formula is C13H17NO2. The molecule has 0 radical (unpaired) electrons. The van der Waals surface area contributed by atoms with Crippen LogP contribution in [0.1, 0.15) is 35.2 Å². The Kier molecular flexibility index (Phi) is 3.36. The molecule has 16 heavy (non-hydrogen) atoms. The minimum atomic E-state index is -0.405. The van der Waals surface area contributed by atoms with Gasteiger partial charge in [-0.05, 0) is 37.4 Å². The van der Waals surface area contributed by atoms with Crippen LogP contribution in [0.5, 0.6) is 0 Å². The van der Waals surface area contributed by atoms with E-state index in [4.69, 9.17) is 4.74 Å². The highest BCUT2D eigenvalue weighted by atomic mass is 16.5. The van der Waals surface area contributed by atoms with E-state index in [2.05, 4.69) is 5.32 Å². The quantitative estimate of drug-likeness (QED) is 0.791. The summed E-state index contributed by atoms with van der Waals surface area (Å²) in [5.74, 6) is 0. The molecule has 1 aliphatic rings. The van der Waals surface area contributed by atoms with Crippen LogP contribution in [0.3, 0.4) is 0 Å². The van der Waals surface area contributed by atoms with Crippen molar-refractivity contribution in [3.63, 3.8) is 0 Å². The lowest BCUT2D eigenvalue weighted by Crippen LogP contribution is -2.47. The minimum Gasteiger partial charge on any atom is -0.360 e. The minimum absolute atomic E-state index is 0.405. The Morgan fingerprint density at radius 1 is 1.44 bits per heavy atom. The smallest absolute Gasteiger partial charge is 0.150 e. The number of piperidine rings is 1. The Bertz CT molecular complexity index is 370. The third kappa shape index (κ3) is 2.01. The fourth-order valence-electron chi connectivity index (χ4n) is 2.28. The zero-order valence-corrected chi connectivity index (χ0v) is 9.53. The summed E-state index contributed by atoms with van der Waals surface area (Å²) in [5, 5.41) is 3.41. The van der Waals surface area contributed by atoms with Crippen LogP contribution in [-0.2, 0) is 10.5 Å². The molecule has 1 fully saturated rings. The number of methoxy groups -OCH3 is 1. The summed E-state index contributed by atoms with van der Waals surface area (Å²) in [6.07, 6.45) is 4.14. The van der Waals surface area contributed by atoms with Gasteiger partial charge < -0.3 is 4.74 Å². The lowest BCUT2D eigenvalue weighted by atomic mass is 9.92. The number of aldehydes is 1.